The molecular weight excluding hydrogens is 304 g/mol. The number of carbonyl (C=O) groups is 2. The van der Waals surface area contributed by atoms with E-state index in [2.05, 4.69) is 10.6 Å². The average Bonchev–Trinajstić information content (AvgIpc) is 2.56. The molecular formula is C19H22N2O3. The predicted octanol–water partition coefficient (Wildman–Crippen LogP) is 2.76. The number of carbonyl (C=O) groups excluding carboxylic acids is 2. The van der Waals surface area contributed by atoms with E-state index >= 15 is 0 Å². The Hall–Kier alpha value is -2.66. The molecule has 2 N–H and O–H groups in total. The van der Waals surface area contributed by atoms with E-state index < -0.39 is 0 Å². The molecule has 2 rings (SSSR count). The maximum Gasteiger partial charge on any atom is 0.251 e. The topological polar surface area (TPSA) is 67.4 Å². The molecule has 0 aliphatic heterocycles. The highest BCUT2D eigenvalue weighted by Crippen LogP contribution is 2.11. The van der Waals surface area contributed by atoms with Gasteiger partial charge in [-0.25, -0.2) is 0 Å². The lowest BCUT2D eigenvalue weighted by Crippen LogP contribution is -2.26. The van der Waals surface area contributed by atoms with Gasteiger partial charge in [0.1, 0.15) is 0 Å². The Bertz CT molecular complexity index is 696. The molecule has 0 aromatic heterocycles. The van der Waals surface area contributed by atoms with E-state index in [9.17, 15) is 9.59 Å². The number of rotatable bonds is 7. The quantitative estimate of drug-likeness (QED) is 0.822. The maximum atomic E-state index is 12.3. The molecule has 0 unspecified atom stereocenters. The SMILES string of the molecule is COCc1ccccc1C(=O)NCCc1ccc(NC(C)=O)cc1. The summed E-state index contributed by atoms with van der Waals surface area (Å²) in [5.74, 6) is -0.192. The van der Waals surface area contributed by atoms with Gasteiger partial charge in [-0.2, -0.15) is 0 Å². The molecule has 0 aliphatic carbocycles. The zero-order chi connectivity index (χ0) is 17.4. The van der Waals surface area contributed by atoms with Crippen LogP contribution >= 0.6 is 0 Å². The van der Waals surface area contributed by atoms with Gasteiger partial charge in [-0.1, -0.05) is 30.3 Å². The summed E-state index contributed by atoms with van der Waals surface area (Å²) in [5.41, 5.74) is 3.37. The zero-order valence-corrected chi connectivity index (χ0v) is 14.0. The minimum Gasteiger partial charge on any atom is -0.380 e. The molecule has 5 nitrogen and oxygen atoms in total. The third kappa shape index (κ3) is 5.21. The van der Waals surface area contributed by atoms with E-state index in [-0.39, 0.29) is 11.8 Å². The second-order valence-corrected chi connectivity index (χ2v) is 5.47. The normalized spacial score (nSPS) is 10.2. The predicted molar refractivity (Wildman–Crippen MR) is 93.9 cm³/mol. The molecule has 0 bridgehead atoms. The van der Waals surface area contributed by atoms with Crippen molar-refractivity contribution in [3.05, 3.63) is 65.2 Å². The van der Waals surface area contributed by atoms with Crippen molar-refractivity contribution in [2.75, 3.05) is 19.0 Å². The van der Waals surface area contributed by atoms with Gasteiger partial charge in [0.05, 0.1) is 6.61 Å². The van der Waals surface area contributed by atoms with Crippen LogP contribution < -0.4 is 10.6 Å². The van der Waals surface area contributed by atoms with Crippen molar-refractivity contribution >= 4 is 17.5 Å². The summed E-state index contributed by atoms with van der Waals surface area (Å²) in [6, 6.07) is 15.0. The van der Waals surface area contributed by atoms with Gasteiger partial charge in [0.15, 0.2) is 0 Å². The fraction of sp³-hybridized carbons (Fsp3) is 0.263. The minimum atomic E-state index is -0.0995. The number of amides is 2. The first-order chi connectivity index (χ1) is 11.6. The number of ether oxygens (including phenoxy) is 1. The van der Waals surface area contributed by atoms with Crippen molar-refractivity contribution in [2.45, 2.75) is 20.0 Å². The van der Waals surface area contributed by atoms with Gasteiger partial charge in [0.25, 0.3) is 5.91 Å². The molecule has 2 aromatic carbocycles. The lowest BCUT2D eigenvalue weighted by molar-refractivity contribution is -0.114. The van der Waals surface area contributed by atoms with E-state index in [0.717, 1.165) is 23.2 Å². The van der Waals surface area contributed by atoms with Crippen molar-refractivity contribution in [1.82, 2.24) is 5.32 Å². The second-order valence-electron chi connectivity index (χ2n) is 5.47. The van der Waals surface area contributed by atoms with Crippen LogP contribution in [0.25, 0.3) is 0 Å². The van der Waals surface area contributed by atoms with Crippen LogP contribution in [0.2, 0.25) is 0 Å². The molecule has 24 heavy (non-hydrogen) atoms. The molecule has 126 valence electrons. The molecule has 0 saturated carbocycles. The standard InChI is InChI=1S/C19H22N2O3/c1-14(22)21-17-9-7-15(8-10-17)11-12-20-19(23)18-6-4-3-5-16(18)13-24-2/h3-10H,11-13H2,1-2H3,(H,20,23)(H,21,22). The van der Waals surface area contributed by atoms with Crippen molar-refractivity contribution in [3.63, 3.8) is 0 Å². The van der Waals surface area contributed by atoms with Crippen LogP contribution in [0.3, 0.4) is 0 Å². The summed E-state index contributed by atoms with van der Waals surface area (Å²) in [4.78, 5) is 23.3. The van der Waals surface area contributed by atoms with Crippen molar-refractivity contribution in [2.24, 2.45) is 0 Å². The number of benzene rings is 2. The van der Waals surface area contributed by atoms with Crippen LogP contribution in [0.15, 0.2) is 48.5 Å². The first kappa shape index (κ1) is 17.7. The Kier molecular flexibility index (Phi) is 6.51. The lowest BCUT2D eigenvalue weighted by Gasteiger charge is -2.10. The summed E-state index contributed by atoms with van der Waals surface area (Å²) in [6.45, 7) is 2.43. The second kappa shape index (κ2) is 8.84. The Morgan fingerprint density at radius 1 is 1.04 bits per heavy atom. The Morgan fingerprint density at radius 2 is 1.75 bits per heavy atom. The van der Waals surface area contributed by atoms with Crippen molar-refractivity contribution < 1.29 is 14.3 Å². The monoisotopic (exact) mass is 326 g/mol. The van der Waals surface area contributed by atoms with Gasteiger partial charge < -0.3 is 15.4 Å². The highest BCUT2D eigenvalue weighted by atomic mass is 16.5. The number of methoxy groups -OCH3 is 1. The summed E-state index contributed by atoms with van der Waals surface area (Å²) in [7, 11) is 1.61. The molecule has 0 saturated heterocycles. The molecule has 2 aromatic rings. The largest absolute Gasteiger partial charge is 0.380 e. The maximum absolute atomic E-state index is 12.3. The van der Waals surface area contributed by atoms with Gasteiger partial charge in [-0.3, -0.25) is 9.59 Å². The fourth-order valence-corrected chi connectivity index (χ4v) is 2.40. The lowest BCUT2D eigenvalue weighted by atomic mass is 10.1. The van der Waals surface area contributed by atoms with Crippen molar-refractivity contribution in [1.29, 1.82) is 0 Å². The Morgan fingerprint density at radius 3 is 2.42 bits per heavy atom. The smallest absolute Gasteiger partial charge is 0.251 e. The highest BCUT2D eigenvalue weighted by molar-refractivity contribution is 5.95. The minimum absolute atomic E-state index is 0.0928. The molecule has 0 atom stereocenters. The average molecular weight is 326 g/mol. The summed E-state index contributed by atoms with van der Waals surface area (Å²) in [6.07, 6.45) is 0.721. The zero-order valence-electron chi connectivity index (χ0n) is 14.0. The van der Waals surface area contributed by atoms with Crippen LogP contribution in [-0.4, -0.2) is 25.5 Å². The third-order valence-corrected chi connectivity index (χ3v) is 3.54. The van der Waals surface area contributed by atoms with Crippen molar-refractivity contribution in [3.8, 4) is 0 Å². The summed E-state index contributed by atoms with van der Waals surface area (Å²) >= 11 is 0. The van der Waals surface area contributed by atoms with Crippen LogP contribution in [0.4, 0.5) is 5.69 Å². The molecule has 0 spiro atoms. The van der Waals surface area contributed by atoms with Gasteiger partial charge in [-0.05, 0) is 35.7 Å². The van der Waals surface area contributed by atoms with Gasteiger partial charge in [0, 0.05) is 31.8 Å². The number of hydrogen-bond donors (Lipinski definition) is 2. The molecule has 2 amide bonds. The van der Waals surface area contributed by atoms with E-state index in [4.69, 9.17) is 4.74 Å². The van der Waals surface area contributed by atoms with Crippen LogP contribution in [-0.2, 0) is 22.6 Å². The number of nitrogens with one attached hydrogen (secondary N) is 2. The van der Waals surface area contributed by atoms with E-state index in [1.165, 1.54) is 6.92 Å². The first-order valence-electron chi connectivity index (χ1n) is 7.81. The molecule has 0 aliphatic rings. The van der Waals surface area contributed by atoms with Gasteiger partial charge >= 0.3 is 0 Å². The van der Waals surface area contributed by atoms with E-state index in [1.807, 2.05) is 42.5 Å². The molecule has 0 radical (unpaired) electrons. The van der Waals surface area contributed by atoms with E-state index in [1.54, 1.807) is 13.2 Å². The van der Waals surface area contributed by atoms with Gasteiger partial charge in [0.2, 0.25) is 5.91 Å². The van der Waals surface area contributed by atoms with Gasteiger partial charge in [-0.15, -0.1) is 0 Å². The third-order valence-electron chi connectivity index (χ3n) is 3.54. The van der Waals surface area contributed by atoms with Crippen LogP contribution in [0.5, 0.6) is 0 Å². The van der Waals surface area contributed by atoms with Crippen LogP contribution in [0.1, 0.15) is 28.4 Å². The highest BCUT2D eigenvalue weighted by Gasteiger charge is 2.10. The van der Waals surface area contributed by atoms with Crippen LogP contribution in [0, 0.1) is 0 Å². The Labute approximate surface area is 142 Å². The molecule has 0 fully saturated rings. The summed E-state index contributed by atoms with van der Waals surface area (Å²) in [5, 5.41) is 5.65. The summed E-state index contributed by atoms with van der Waals surface area (Å²) < 4.78 is 5.12. The molecule has 5 heteroatoms. The Balaban J connectivity index is 1.87. The first-order valence-corrected chi connectivity index (χ1v) is 7.81. The number of hydrogen-bond acceptors (Lipinski definition) is 3. The molecule has 0 heterocycles. The fourth-order valence-electron chi connectivity index (χ4n) is 2.40. The van der Waals surface area contributed by atoms with E-state index in [0.29, 0.717) is 18.7 Å². The number of anilines is 1.